The third kappa shape index (κ3) is 7.09. The maximum absolute atomic E-state index is 12.2. The van der Waals surface area contributed by atoms with Gasteiger partial charge in [0, 0.05) is 19.1 Å². The van der Waals surface area contributed by atoms with Gasteiger partial charge in [-0.25, -0.2) is 13.7 Å². The van der Waals surface area contributed by atoms with Crippen LogP contribution < -0.4 is 4.72 Å². The zero-order valence-corrected chi connectivity index (χ0v) is 15.7. The highest BCUT2D eigenvalue weighted by Crippen LogP contribution is 2.17. The Morgan fingerprint density at radius 1 is 1.09 bits per heavy atom. The van der Waals surface area contributed by atoms with Crippen LogP contribution >= 0.6 is 0 Å². The molecule has 0 saturated carbocycles. The third-order valence-corrected chi connectivity index (χ3v) is 5.12. The molecule has 0 aromatic carbocycles. The Balaban J connectivity index is 2.57. The van der Waals surface area contributed by atoms with Gasteiger partial charge in [-0.3, -0.25) is 0 Å². The van der Waals surface area contributed by atoms with E-state index in [1.807, 2.05) is 41.5 Å². The van der Waals surface area contributed by atoms with Crippen LogP contribution in [0.4, 0.5) is 4.79 Å². The van der Waals surface area contributed by atoms with Crippen molar-refractivity contribution in [3.8, 4) is 0 Å². The van der Waals surface area contributed by atoms with Gasteiger partial charge in [0.2, 0.25) is 0 Å². The Morgan fingerprint density at radius 3 is 2.27 bits per heavy atom. The summed E-state index contributed by atoms with van der Waals surface area (Å²) in [6, 6.07) is 0.185. The molecule has 0 spiro atoms. The molecule has 1 rings (SSSR count). The molecular formula is C16H32N2O3S. The first-order valence-corrected chi connectivity index (χ1v) is 9.30. The van der Waals surface area contributed by atoms with Crippen molar-refractivity contribution in [2.24, 2.45) is 0 Å². The molecule has 22 heavy (non-hydrogen) atoms. The lowest BCUT2D eigenvalue weighted by atomic mass is 10.0. The van der Waals surface area contributed by atoms with Crippen LogP contribution in [-0.2, 0) is 15.7 Å². The number of nitrogens with one attached hydrogen (secondary N) is 1. The summed E-state index contributed by atoms with van der Waals surface area (Å²) in [4.78, 5) is 14.0. The molecule has 1 fully saturated rings. The number of hydrogen-bond acceptors (Lipinski definition) is 3. The summed E-state index contributed by atoms with van der Waals surface area (Å²) in [6.07, 6.45) is 3.55. The fraction of sp³-hybridized carbons (Fsp3) is 0.938. The fourth-order valence-electron chi connectivity index (χ4n) is 2.22. The van der Waals surface area contributed by atoms with E-state index >= 15 is 0 Å². The van der Waals surface area contributed by atoms with E-state index in [0.717, 1.165) is 32.2 Å². The predicted molar refractivity (Wildman–Crippen MR) is 91.1 cm³/mol. The summed E-state index contributed by atoms with van der Waals surface area (Å²) in [5.41, 5.74) is -0.467. The molecule has 1 heterocycles. The van der Waals surface area contributed by atoms with Gasteiger partial charge in [0.25, 0.3) is 0 Å². The smallest absolute Gasteiger partial charge is 0.410 e. The quantitative estimate of drug-likeness (QED) is 0.844. The number of carbonyl (C=O) groups excluding carboxylic acids is 1. The summed E-state index contributed by atoms with van der Waals surface area (Å²) in [5, 5.41) is 0. The van der Waals surface area contributed by atoms with Crippen LogP contribution in [0, 0.1) is 0 Å². The van der Waals surface area contributed by atoms with Crippen molar-refractivity contribution in [1.29, 1.82) is 0 Å². The number of rotatable bonds is 2. The average Bonchev–Trinajstić information content (AvgIpc) is 2.28. The molecular weight excluding hydrogens is 300 g/mol. The zero-order chi connectivity index (χ0) is 17.0. The Hall–Kier alpha value is -0.620. The lowest BCUT2D eigenvalue weighted by molar-refractivity contribution is 0.0232. The molecule has 1 amide bonds. The molecule has 130 valence electrons. The molecule has 0 aliphatic carbocycles. The normalized spacial score (nSPS) is 22.6. The highest BCUT2D eigenvalue weighted by molar-refractivity contribution is 7.84. The minimum Gasteiger partial charge on any atom is -0.444 e. The largest absolute Gasteiger partial charge is 0.444 e. The molecule has 2 atom stereocenters. The molecule has 1 aliphatic heterocycles. The molecule has 2 unspecified atom stereocenters. The van der Waals surface area contributed by atoms with Gasteiger partial charge in [-0.05, 0) is 60.8 Å². The third-order valence-electron chi connectivity index (χ3n) is 3.46. The number of hydrogen-bond donors (Lipinski definition) is 1. The van der Waals surface area contributed by atoms with Crippen LogP contribution in [0.2, 0.25) is 0 Å². The van der Waals surface area contributed by atoms with E-state index in [4.69, 9.17) is 4.74 Å². The molecule has 1 aliphatic rings. The average molecular weight is 333 g/mol. The van der Waals surface area contributed by atoms with Crippen molar-refractivity contribution in [1.82, 2.24) is 9.62 Å². The van der Waals surface area contributed by atoms with E-state index in [-0.39, 0.29) is 16.9 Å². The second-order valence-corrected chi connectivity index (χ2v) is 9.95. The molecule has 1 N–H and O–H groups in total. The molecule has 1 saturated heterocycles. The first-order valence-electron chi connectivity index (χ1n) is 8.15. The maximum atomic E-state index is 12.2. The summed E-state index contributed by atoms with van der Waals surface area (Å²) in [7, 11) is -1.07. The number of amides is 1. The highest BCUT2D eigenvalue weighted by atomic mass is 32.2. The van der Waals surface area contributed by atoms with Gasteiger partial charge in [0.15, 0.2) is 0 Å². The van der Waals surface area contributed by atoms with Crippen LogP contribution in [-0.4, -0.2) is 44.7 Å². The van der Waals surface area contributed by atoms with E-state index in [2.05, 4.69) is 4.72 Å². The van der Waals surface area contributed by atoms with Crippen LogP contribution in [0.3, 0.4) is 0 Å². The van der Waals surface area contributed by atoms with Crippen LogP contribution in [0.25, 0.3) is 0 Å². The van der Waals surface area contributed by atoms with E-state index < -0.39 is 16.6 Å². The van der Waals surface area contributed by atoms with Gasteiger partial charge >= 0.3 is 6.09 Å². The highest BCUT2D eigenvalue weighted by Gasteiger charge is 2.26. The maximum Gasteiger partial charge on any atom is 0.410 e. The molecule has 0 aromatic heterocycles. The van der Waals surface area contributed by atoms with Gasteiger partial charge in [-0.15, -0.1) is 0 Å². The van der Waals surface area contributed by atoms with Gasteiger partial charge < -0.3 is 9.64 Å². The SMILES string of the molecule is CC(C)(C)OC(=O)N1CCCCC(NS(=O)C(C)(C)C)CC1. The van der Waals surface area contributed by atoms with Crippen LogP contribution in [0.5, 0.6) is 0 Å². The summed E-state index contributed by atoms with van der Waals surface area (Å²) in [6.45, 7) is 12.9. The molecule has 0 aromatic rings. The second-order valence-electron chi connectivity index (χ2n) is 7.95. The fourth-order valence-corrected chi connectivity index (χ4v) is 3.11. The number of ether oxygens (including phenoxy) is 1. The van der Waals surface area contributed by atoms with Gasteiger partial charge in [-0.1, -0.05) is 6.42 Å². The van der Waals surface area contributed by atoms with Crippen molar-refractivity contribution in [3.63, 3.8) is 0 Å². The topological polar surface area (TPSA) is 58.6 Å². The van der Waals surface area contributed by atoms with E-state index in [1.54, 1.807) is 4.90 Å². The first-order chi connectivity index (χ1) is 9.99. The van der Waals surface area contributed by atoms with Crippen LogP contribution in [0.1, 0.15) is 67.2 Å². The van der Waals surface area contributed by atoms with Crippen molar-refractivity contribution in [2.75, 3.05) is 13.1 Å². The van der Waals surface area contributed by atoms with E-state index in [0.29, 0.717) is 6.54 Å². The lowest BCUT2D eigenvalue weighted by Gasteiger charge is -2.31. The Bertz CT molecular complexity index is 399. The number of likely N-dealkylation sites (tertiary alicyclic amines) is 1. The Kier molecular flexibility index (Phi) is 6.86. The first kappa shape index (κ1) is 19.4. The van der Waals surface area contributed by atoms with Gasteiger partial charge in [-0.2, -0.15) is 0 Å². The standard InChI is InChI=1S/C16H32N2O3S/c1-15(2,3)21-14(19)18-11-8-7-9-13(10-12-18)17-22(20)16(4,5)6/h13,17H,7-12H2,1-6H3. The molecule has 0 radical (unpaired) electrons. The Morgan fingerprint density at radius 2 is 1.73 bits per heavy atom. The van der Waals surface area contributed by atoms with Crippen molar-refractivity contribution in [2.45, 2.75) is 83.6 Å². The molecule has 5 nitrogen and oxygen atoms in total. The molecule has 0 bridgehead atoms. The van der Waals surface area contributed by atoms with Crippen molar-refractivity contribution < 1.29 is 13.7 Å². The van der Waals surface area contributed by atoms with Gasteiger partial charge in [0.1, 0.15) is 5.60 Å². The second kappa shape index (κ2) is 7.77. The minimum atomic E-state index is -1.07. The number of carbonyl (C=O) groups is 1. The van der Waals surface area contributed by atoms with E-state index in [9.17, 15) is 9.00 Å². The lowest BCUT2D eigenvalue weighted by Crippen LogP contribution is -2.44. The minimum absolute atomic E-state index is 0.185. The predicted octanol–water partition coefficient (Wildman–Crippen LogP) is 3.22. The Labute approximate surface area is 137 Å². The van der Waals surface area contributed by atoms with Crippen molar-refractivity contribution >= 4 is 17.1 Å². The van der Waals surface area contributed by atoms with Gasteiger partial charge in [0.05, 0.1) is 15.7 Å². The number of nitrogens with zero attached hydrogens (tertiary/aromatic N) is 1. The summed E-state index contributed by atoms with van der Waals surface area (Å²) >= 11 is 0. The monoisotopic (exact) mass is 332 g/mol. The van der Waals surface area contributed by atoms with Crippen molar-refractivity contribution in [3.05, 3.63) is 0 Å². The zero-order valence-electron chi connectivity index (χ0n) is 14.9. The summed E-state index contributed by atoms with van der Waals surface area (Å²) in [5.74, 6) is 0. The van der Waals surface area contributed by atoms with E-state index in [1.165, 1.54) is 0 Å². The summed E-state index contributed by atoms with van der Waals surface area (Å²) < 4.78 is 20.6. The van der Waals surface area contributed by atoms with Crippen LogP contribution in [0.15, 0.2) is 0 Å². The molecule has 6 heteroatoms.